The Bertz CT molecular complexity index is 898. The van der Waals surface area contributed by atoms with Crippen LogP contribution >= 0.6 is 0 Å². The van der Waals surface area contributed by atoms with Crippen LogP contribution in [0.2, 0.25) is 0 Å². The zero-order chi connectivity index (χ0) is 22.3. The number of carbonyl (C=O) groups is 2. The average Bonchev–Trinajstić information content (AvgIpc) is 2.77. The summed E-state index contributed by atoms with van der Waals surface area (Å²) < 4.78 is 44.8. The SMILES string of the molecule is O=C(COc1ccccc1)NCC(=O)Nc1cc(C(F)(F)F)ccc1N1CCCCC1. The van der Waals surface area contributed by atoms with Crippen LogP contribution < -0.4 is 20.3 Å². The molecule has 0 spiro atoms. The third-order valence-corrected chi connectivity index (χ3v) is 4.85. The lowest BCUT2D eigenvalue weighted by molar-refractivity contribution is -0.137. The van der Waals surface area contributed by atoms with Gasteiger partial charge in [-0.3, -0.25) is 9.59 Å². The van der Waals surface area contributed by atoms with Crippen molar-refractivity contribution in [2.24, 2.45) is 0 Å². The zero-order valence-corrected chi connectivity index (χ0v) is 16.9. The maximum atomic E-state index is 13.2. The molecule has 0 radical (unpaired) electrons. The highest BCUT2D eigenvalue weighted by Gasteiger charge is 2.31. The molecule has 9 heteroatoms. The number of carbonyl (C=O) groups excluding carboxylic acids is 2. The minimum Gasteiger partial charge on any atom is -0.484 e. The van der Waals surface area contributed by atoms with Crippen molar-refractivity contribution < 1.29 is 27.5 Å². The first-order valence-corrected chi connectivity index (χ1v) is 10.0. The summed E-state index contributed by atoms with van der Waals surface area (Å²) in [5.74, 6) is -0.623. The lowest BCUT2D eigenvalue weighted by Crippen LogP contribution is -2.36. The second kappa shape index (κ2) is 10.2. The molecule has 6 nitrogen and oxygen atoms in total. The quantitative estimate of drug-likeness (QED) is 0.694. The van der Waals surface area contributed by atoms with Crippen molar-refractivity contribution in [3.63, 3.8) is 0 Å². The van der Waals surface area contributed by atoms with E-state index >= 15 is 0 Å². The topological polar surface area (TPSA) is 70.7 Å². The van der Waals surface area contributed by atoms with Gasteiger partial charge in [0.2, 0.25) is 5.91 Å². The zero-order valence-electron chi connectivity index (χ0n) is 16.9. The van der Waals surface area contributed by atoms with E-state index in [2.05, 4.69) is 10.6 Å². The van der Waals surface area contributed by atoms with Crippen molar-refractivity contribution >= 4 is 23.2 Å². The molecule has 0 aliphatic carbocycles. The van der Waals surface area contributed by atoms with E-state index in [1.165, 1.54) is 6.07 Å². The number of para-hydroxylation sites is 1. The van der Waals surface area contributed by atoms with Crippen LogP contribution in [0.25, 0.3) is 0 Å². The molecule has 0 unspecified atom stereocenters. The number of hydrogen-bond donors (Lipinski definition) is 2. The molecule has 1 heterocycles. The first kappa shape index (κ1) is 22.5. The number of piperidine rings is 1. The third kappa shape index (κ3) is 6.63. The van der Waals surface area contributed by atoms with Crippen LogP contribution in [0.3, 0.4) is 0 Å². The summed E-state index contributed by atoms with van der Waals surface area (Å²) in [6.07, 6.45) is -1.59. The summed E-state index contributed by atoms with van der Waals surface area (Å²) in [6.45, 7) is 0.760. The number of anilines is 2. The van der Waals surface area contributed by atoms with Crippen LogP contribution in [0, 0.1) is 0 Å². The molecule has 0 aromatic heterocycles. The molecule has 1 fully saturated rings. The fourth-order valence-corrected chi connectivity index (χ4v) is 3.31. The summed E-state index contributed by atoms with van der Waals surface area (Å²) in [6, 6.07) is 12.0. The van der Waals surface area contributed by atoms with Gasteiger partial charge < -0.3 is 20.3 Å². The van der Waals surface area contributed by atoms with Gasteiger partial charge in [0.15, 0.2) is 6.61 Å². The molecule has 1 aliphatic heterocycles. The molecule has 2 amide bonds. The Morgan fingerprint density at radius 1 is 0.968 bits per heavy atom. The fourth-order valence-electron chi connectivity index (χ4n) is 3.31. The Hall–Kier alpha value is -3.23. The van der Waals surface area contributed by atoms with Crippen LogP contribution in [0.15, 0.2) is 48.5 Å². The van der Waals surface area contributed by atoms with Crippen molar-refractivity contribution in [2.45, 2.75) is 25.4 Å². The summed E-state index contributed by atoms with van der Waals surface area (Å²) >= 11 is 0. The number of benzene rings is 2. The van der Waals surface area contributed by atoms with Crippen LogP contribution in [0.5, 0.6) is 5.75 Å². The van der Waals surface area contributed by atoms with Gasteiger partial charge in [0.1, 0.15) is 5.75 Å². The van der Waals surface area contributed by atoms with Crippen LogP contribution in [0.4, 0.5) is 24.5 Å². The molecule has 166 valence electrons. The second-order valence-corrected chi connectivity index (χ2v) is 7.20. The first-order valence-electron chi connectivity index (χ1n) is 10.0. The highest BCUT2D eigenvalue weighted by Crippen LogP contribution is 2.36. The van der Waals surface area contributed by atoms with Crippen molar-refractivity contribution in [3.05, 3.63) is 54.1 Å². The van der Waals surface area contributed by atoms with E-state index in [4.69, 9.17) is 4.74 Å². The van der Waals surface area contributed by atoms with Gasteiger partial charge in [-0.05, 0) is 49.6 Å². The van der Waals surface area contributed by atoms with Crippen molar-refractivity contribution in [1.29, 1.82) is 0 Å². The molecule has 2 aromatic rings. The van der Waals surface area contributed by atoms with Gasteiger partial charge in [-0.15, -0.1) is 0 Å². The van der Waals surface area contributed by atoms with Crippen LogP contribution in [0.1, 0.15) is 24.8 Å². The van der Waals surface area contributed by atoms with Gasteiger partial charge in [0.25, 0.3) is 5.91 Å². The molecular formula is C22H24F3N3O3. The van der Waals surface area contributed by atoms with Gasteiger partial charge >= 0.3 is 6.18 Å². The second-order valence-electron chi connectivity index (χ2n) is 7.20. The number of nitrogens with one attached hydrogen (secondary N) is 2. The van der Waals surface area contributed by atoms with E-state index in [0.717, 1.165) is 31.4 Å². The smallest absolute Gasteiger partial charge is 0.416 e. The lowest BCUT2D eigenvalue weighted by Gasteiger charge is -2.31. The van der Waals surface area contributed by atoms with E-state index < -0.39 is 23.6 Å². The van der Waals surface area contributed by atoms with Crippen molar-refractivity contribution in [3.8, 4) is 5.75 Å². The predicted molar refractivity (Wildman–Crippen MR) is 111 cm³/mol. The molecule has 2 aromatic carbocycles. The van der Waals surface area contributed by atoms with Crippen molar-refractivity contribution in [1.82, 2.24) is 5.32 Å². The van der Waals surface area contributed by atoms with Crippen LogP contribution in [-0.4, -0.2) is 38.1 Å². The normalized spacial score (nSPS) is 14.1. The largest absolute Gasteiger partial charge is 0.484 e. The maximum Gasteiger partial charge on any atom is 0.416 e. The fraction of sp³-hybridized carbons (Fsp3) is 0.364. The Kier molecular flexibility index (Phi) is 7.38. The molecule has 1 saturated heterocycles. The predicted octanol–water partition coefficient (Wildman–Crippen LogP) is 3.83. The summed E-state index contributed by atoms with van der Waals surface area (Å²) in [7, 11) is 0. The maximum absolute atomic E-state index is 13.2. The van der Waals surface area contributed by atoms with Gasteiger partial charge in [-0.25, -0.2) is 0 Å². The Morgan fingerprint density at radius 2 is 1.68 bits per heavy atom. The van der Waals surface area contributed by atoms with E-state index in [1.54, 1.807) is 24.3 Å². The van der Waals surface area contributed by atoms with Gasteiger partial charge in [0, 0.05) is 13.1 Å². The monoisotopic (exact) mass is 435 g/mol. The van der Waals surface area contributed by atoms with Crippen LogP contribution in [-0.2, 0) is 15.8 Å². The first-order chi connectivity index (χ1) is 14.8. The van der Waals surface area contributed by atoms with E-state index in [9.17, 15) is 22.8 Å². The molecule has 0 atom stereocenters. The molecule has 2 N–H and O–H groups in total. The van der Waals surface area contributed by atoms with Gasteiger partial charge in [-0.1, -0.05) is 18.2 Å². The van der Waals surface area contributed by atoms with E-state index in [1.807, 2.05) is 11.0 Å². The molecular weight excluding hydrogens is 411 g/mol. The summed E-state index contributed by atoms with van der Waals surface area (Å²) in [5, 5.41) is 4.92. The number of ether oxygens (including phenoxy) is 1. The highest BCUT2D eigenvalue weighted by molar-refractivity contribution is 5.97. The van der Waals surface area contributed by atoms with Gasteiger partial charge in [-0.2, -0.15) is 13.2 Å². The summed E-state index contributed by atoms with van der Waals surface area (Å²) in [5.41, 5.74) is -0.222. The molecule has 0 bridgehead atoms. The van der Waals surface area contributed by atoms with E-state index in [-0.39, 0.29) is 18.8 Å². The standard InChI is InChI=1S/C22H24F3N3O3/c23-22(24,25)16-9-10-19(28-11-5-2-6-12-28)18(13-16)27-20(29)14-26-21(30)15-31-17-7-3-1-4-8-17/h1,3-4,7-10,13H,2,5-6,11-12,14-15H2,(H,26,30)(H,27,29). The number of hydrogen-bond acceptors (Lipinski definition) is 4. The Labute approximate surface area is 178 Å². The molecule has 3 rings (SSSR count). The van der Waals surface area contributed by atoms with E-state index in [0.29, 0.717) is 24.5 Å². The Morgan fingerprint density at radius 3 is 2.35 bits per heavy atom. The third-order valence-electron chi connectivity index (χ3n) is 4.85. The molecule has 31 heavy (non-hydrogen) atoms. The number of alkyl halides is 3. The van der Waals surface area contributed by atoms with Gasteiger partial charge in [0.05, 0.1) is 23.5 Å². The number of halogens is 3. The highest BCUT2D eigenvalue weighted by atomic mass is 19.4. The minimum atomic E-state index is -4.52. The Balaban J connectivity index is 1.61. The minimum absolute atomic E-state index is 0.0801. The number of nitrogens with zero attached hydrogens (tertiary/aromatic N) is 1. The average molecular weight is 435 g/mol. The molecule has 0 saturated carbocycles. The van der Waals surface area contributed by atoms with Crippen molar-refractivity contribution in [2.75, 3.05) is 36.5 Å². The lowest BCUT2D eigenvalue weighted by atomic mass is 10.1. The molecule has 1 aliphatic rings. The number of rotatable bonds is 7. The summed E-state index contributed by atoms with van der Waals surface area (Å²) in [4.78, 5) is 26.2. The number of amides is 2.